The Morgan fingerprint density at radius 2 is 1.77 bits per heavy atom. The van der Waals surface area contributed by atoms with Gasteiger partial charge in [-0.15, -0.1) is 0 Å². The van der Waals surface area contributed by atoms with Gasteiger partial charge in [-0.1, -0.05) is 46.6 Å². The Morgan fingerprint density at radius 1 is 1.23 bits per heavy atom. The predicted molar refractivity (Wildman–Crippen MR) is 63.9 cm³/mol. The quantitative estimate of drug-likeness (QED) is 0.575. The summed E-state index contributed by atoms with van der Waals surface area (Å²) >= 11 is 0. The van der Waals surface area contributed by atoms with Crippen LogP contribution >= 0.6 is 0 Å². The molecule has 1 unspecified atom stereocenters. The van der Waals surface area contributed by atoms with Crippen LogP contribution in [0.15, 0.2) is 36.0 Å². The second kappa shape index (κ2) is 6.71. The monoisotopic (exact) mass is 180 g/mol. The summed E-state index contributed by atoms with van der Waals surface area (Å²) < 4.78 is 0. The minimum absolute atomic E-state index is 0. The molecule has 0 amide bonds. The van der Waals surface area contributed by atoms with Crippen molar-refractivity contribution < 1.29 is 0 Å². The Bertz CT molecular complexity index is 206. The molecule has 1 atom stereocenters. The zero-order chi connectivity index (χ0) is 8.27. The van der Waals surface area contributed by atoms with Gasteiger partial charge in [-0.05, 0) is 36.8 Å². The van der Waals surface area contributed by atoms with Crippen LogP contribution in [0.5, 0.6) is 0 Å². The van der Waals surface area contributed by atoms with E-state index < -0.39 is 0 Å². The maximum absolute atomic E-state index is 3.82. The van der Waals surface area contributed by atoms with Crippen LogP contribution in [0.1, 0.15) is 41.5 Å². The van der Waals surface area contributed by atoms with Gasteiger partial charge in [0.1, 0.15) is 0 Å². The molecule has 0 heterocycles. The molecule has 76 valence electrons. The van der Waals surface area contributed by atoms with Crippen LogP contribution in [0.3, 0.4) is 0 Å². The van der Waals surface area contributed by atoms with Crippen LogP contribution < -0.4 is 0 Å². The maximum atomic E-state index is 3.82. The van der Waals surface area contributed by atoms with Crippen LogP contribution in [-0.4, -0.2) is 0 Å². The molecule has 0 saturated heterocycles. The highest BCUT2D eigenvalue weighted by molar-refractivity contribution is 5.36. The third-order valence-corrected chi connectivity index (χ3v) is 2.16. The first-order valence-electron chi connectivity index (χ1n) is 4.25. The van der Waals surface area contributed by atoms with Gasteiger partial charge in [-0.3, -0.25) is 0 Å². The summed E-state index contributed by atoms with van der Waals surface area (Å²) in [6, 6.07) is 0. The van der Waals surface area contributed by atoms with Crippen LogP contribution in [-0.2, 0) is 0 Å². The van der Waals surface area contributed by atoms with Gasteiger partial charge >= 0.3 is 0 Å². The Balaban J connectivity index is 0. The Kier molecular flexibility index (Phi) is 7.60. The van der Waals surface area contributed by atoms with Gasteiger partial charge in [0.15, 0.2) is 0 Å². The van der Waals surface area contributed by atoms with E-state index in [4.69, 9.17) is 0 Å². The molecule has 0 saturated carbocycles. The Hall–Kier alpha value is -0.780. The molecule has 0 radical (unpaired) electrons. The fourth-order valence-corrected chi connectivity index (χ4v) is 1.68. The summed E-state index contributed by atoms with van der Waals surface area (Å²) in [6.07, 6.45) is 8.76. The molecule has 0 aliphatic heterocycles. The number of hydrogen-bond acceptors (Lipinski definition) is 0. The fourth-order valence-electron chi connectivity index (χ4n) is 1.68. The van der Waals surface area contributed by atoms with E-state index in [1.165, 1.54) is 24.0 Å². The van der Waals surface area contributed by atoms with E-state index in [-0.39, 0.29) is 14.9 Å². The van der Waals surface area contributed by atoms with E-state index >= 15 is 0 Å². The van der Waals surface area contributed by atoms with E-state index in [1.807, 2.05) is 6.08 Å². The second-order valence-corrected chi connectivity index (χ2v) is 3.27. The van der Waals surface area contributed by atoms with E-state index in [2.05, 4.69) is 32.6 Å². The summed E-state index contributed by atoms with van der Waals surface area (Å²) in [5, 5.41) is 0. The van der Waals surface area contributed by atoms with E-state index in [1.54, 1.807) is 0 Å². The van der Waals surface area contributed by atoms with Crippen molar-refractivity contribution in [3.05, 3.63) is 36.0 Å². The first-order valence-corrected chi connectivity index (χ1v) is 4.25. The van der Waals surface area contributed by atoms with Crippen LogP contribution in [0.4, 0.5) is 0 Å². The van der Waals surface area contributed by atoms with Crippen LogP contribution in [0, 0.1) is 5.92 Å². The van der Waals surface area contributed by atoms with Crippen molar-refractivity contribution in [2.45, 2.75) is 41.5 Å². The third-order valence-electron chi connectivity index (χ3n) is 2.16. The van der Waals surface area contributed by atoms with Crippen molar-refractivity contribution in [2.24, 2.45) is 5.92 Å². The largest absolute Gasteiger partial charge is 0.0988 e. The lowest BCUT2D eigenvalue weighted by Gasteiger charge is -1.96. The van der Waals surface area contributed by atoms with Crippen molar-refractivity contribution in [1.29, 1.82) is 0 Å². The van der Waals surface area contributed by atoms with E-state index in [0.717, 1.165) is 5.92 Å². The van der Waals surface area contributed by atoms with Crippen molar-refractivity contribution in [3.63, 3.8) is 0 Å². The zero-order valence-electron chi connectivity index (χ0n) is 7.43. The summed E-state index contributed by atoms with van der Waals surface area (Å²) in [5.41, 5.74) is 2.92. The zero-order valence-corrected chi connectivity index (χ0v) is 7.43. The second-order valence-electron chi connectivity index (χ2n) is 3.27. The summed E-state index contributed by atoms with van der Waals surface area (Å²) in [7, 11) is 0. The molecule has 0 bridgehead atoms. The van der Waals surface area contributed by atoms with Crippen molar-refractivity contribution in [1.82, 2.24) is 0 Å². The highest BCUT2D eigenvalue weighted by Crippen LogP contribution is 2.32. The highest BCUT2D eigenvalue weighted by atomic mass is 14.2. The minimum Gasteiger partial charge on any atom is -0.0988 e. The smallest absolute Gasteiger partial charge is 0.0247 e. The first kappa shape index (κ1) is 14.7. The summed E-state index contributed by atoms with van der Waals surface area (Å²) in [6.45, 7) is 8.18. The Labute approximate surface area is 84.1 Å². The summed E-state index contributed by atoms with van der Waals surface area (Å²) in [4.78, 5) is 0. The topological polar surface area (TPSA) is 0 Å². The molecular formula is C13H24. The molecule has 0 nitrogen and oxygen atoms in total. The molecular weight excluding hydrogens is 156 g/mol. The molecule has 1 rings (SSSR count). The maximum Gasteiger partial charge on any atom is -0.0247 e. The number of hydrogen-bond donors (Lipinski definition) is 0. The van der Waals surface area contributed by atoms with Gasteiger partial charge < -0.3 is 0 Å². The van der Waals surface area contributed by atoms with Gasteiger partial charge in [-0.2, -0.15) is 0 Å². The van der Waals surface area contributed by atoms with Gasteiger partial charge in [-0.25, -0.2) is 0 Å². The van der Waals surface area contributed by atoms with Gasteiger partial charge in [0.25, 0.3) is 0 Å². The standard InChI is InChI=1S/C11H16.2CH4/c1-4-6-11-8-9(3)7-10(11)5-2;;/h4-6,9H,2,7-8H2,1,3H3;2*1H4/b6-4-;;. The van der Waals surface area contributed by atoms with Gasteiger partial charge in [0.2, 0.25) is 0 Å². The molecule has 0 aromatic rings. The molecule has 0 N–H and O–H groups in total. The lowest BCUT2D eigenvalue weighted by Crippen LogP contribution is -1.83. The van der Waals surface area contributed by atoms with Gasteiger partial charge in [0, 0.05) is 0 Å². The normalized spacial score (nSPS) is 21.2. The number of allylic oxidation sites excluding steroid dienone is 5. The minimum atomic E-state index is 0. The third kappa shape index (κ3) is 3.63. The fraction of sp³-hybridized carbons (Fsp3) is 0.538. The predicted octanol–water partition coefficient (Wildman–Crippen LogP) is 4.75. The van der Waals surface area contributed by atoms with Gasteiger partial charge in [0.05, 0.1) is 0 Å². The Morgan fingerprint density at radius 3 is 2.23 bits per heavy atom. The van der Waals surface area contributed by atoms with Crippen LogP contribution in [0.2, 0.25) is 0 Å². The first-order chi connectivity index (χ1) is 5.27. The lowest BCUT2D eigenvalue weighted by atomic mass is 10.1. The van der Waals surface area contributed by atoms with Crippen molar-refractivity contribution in [3.8, 4) is 0 Å². The summed E-state index contributed by atoms with van der Waals surface area (Å²) in [5.74, 6) is 0.814. The lowest BCUT2D eigenvalue weighted by molar-refractivity contribution is 0.626. The van der Waals surface area contributed by atoms with Crippen LogP contribution in [0.25, 0.3) is 0 Å². The molecule has 0 aromatic carbocycles. The number of rotatable bonds is 2. The molecule has 1 aliphatic carbocycles. The average Bonchev–Trinajstić information content (AvgIpc) is 2.32. The average molecular weight is 180 g/mol. The molecule has 0 fully saturated rings. The SMILES string of the molecule is C.C.C=CC1=C(/C=C\C)CC(C)C1. The highest BCUT2D eigenvalue weighted by Gasteiger charge is 2.16. The molecule has 13 heavy (non-hydrogen) atoms. The molecule has 0 spiro atoms. The molecule has 0 aromatic heterocycles. The molecule has 0 heteroatoms. The van der Waals surface area contributed by atoms with Crippen molar-refractivity contribution >= 4 is 0 Å². The van der Waals surface area contributed by atoms with E-state index in [0.29, 0.717) is 0 Å². The molecule has 1 aliphatic rings. The van der Waals surface area contributed by atoms with Crippen molar-refractivity contribution in [2.75, 3.05) is 0 Å². The van der Waals surface area contributed by atoms with E-state index in [9.17, 15) is 0 Å².